The highest BCUT2D eigenvalue weighted by Gasteiger charge is 2.16. The first-order valence-corrected chi connectivity index (χ1v) is 7.64. The molecule has 1 unspecified atom stereocenters. The predicted octanol–water partition coefficient (Wildman–Crippen LogP) is 3.44. The van der Waals surface area contributed by atoms with Crippen LogP contribution in [-0.4, -0.2) is 18.5 Å². The van der Waals surface area contributed by atoms with E-state index in [0.29, 0.717) is 12.6 Å². The van der Waals surface area contributed by atoms with E-state index in [1.54, 1.807) is 11.3 Å². The Labute approximate surface area is 119 Å². The van der Waals surface area contributed by atoms with Crippen LogP contribution in [0, 0.1) is 0 Å². The van der Waals surface area contributed by atoms with Crippen molar-refractivity contribution < 1.29 is 0 Å². The largest absolute Gasteiger partial charge is 0.329 e. The van der Waals surface area contributed by atoms with E-state index in [1.165, 1.54) is 16.0 Å². The van der Waals surface area contributed by atoms with Gasteiger partial charge < -0.3 is 5.73 Å². The van der Waals surface area contributed by atoms with Gasteiger partial charge in [0.15, 0.2) is 0 Å². The Kier molecular flexibility index (Phi) is 5.14. The van der Waals surface area contributed by atoms with Gasteiger partial charge in [-0.2, -0.15) is 0 Å². The van der Waals surface area contributed by atoms with Crippen LogP contribution in [0.5, 0.6) is 0 Å². The molecule has 0 saturated carbocycles. The lowest BCUT2D eigenvalue weighted by Crippen LogP contribution is -2.29. The van der Waals surface area contributed by atoms with E-state index in [9.17, 15) is 0 Å². The summed E-state index contributed by atoms with van der Waals surface area (Å²) < 4.78 is 0. The molecule has 0 spiro atoms. The summed E-state index contributed by atoms with van der Waals surface area (Å²) in [5.74, 6) is 0. The highest BCUT2D eigenvalue weighted by Crippen LogP contribution is 2.24. The van der Waals surface area contributed by atoms with Crippen molar-refractivity contribution in [1.29, 1.82) is 0 Å². The van der Waals surface area contributed by atoms with Crippen LogP contribution in [0.1, 0.15) is 29.0 Å². The van der Waals surface area contributed by atoms with E-state index >= 15 is 0 Å². The SMILES string of the molecule is CCc1ccc(CN(C)C(CN)c2cccs2)cc1. The Morgan fingerprint density at radius 1 is 1.16 bits per heavy atom. The number of hydrogen-bond donors (Lipinski definition) is 1. The first-order chi connectivity index (χ1) is 9.24. The van der Waals surface area contributed by atoms with Gasteiger partial charge in [-0.15, -0.1) is 11.3 Å². The highest BCUT2D eigenvalue weighted by molar-refractivity contribution is 7.10. The summed E-state index contributed by atoms with van der Waals surface area (Å²) in [6, 6.07) is 13.4. The van der Waals surface area contributed by atoms with Crippen molar-refractivity contribution in [2.45, 2.75) is 25.9 Å². The van der Waals surface area contributed by atoms with Gasteiger partial charge in [0.25, 0.3) is 0 Å². The molecule has 1 heterocycles. The Morgan fingerprint density at radius 2 is 1.84 bits per heavy atom. The molecule has 3 heteroatoms. The minimum absolute atomic E-state index is 0.311. The maximum absolute atomic E-state index is 5.93. The molecule has 2 N–H and O–H groups in total. The van der Waals surface area contributed by atoms with Gasteiger partial charge in [-0.05, 0) is 36.0 Å². The van der Waals surface area contributed by atoms with Gasteiger partial charge in [-0.25, -0.2) is 0 Å². The molecule has 1 aromatic carbocycles. The fourth-order valence-corrected chi connectivity index (χ4v) is 3.18. The number of aryl methyl sites for hydroxylation is 1. The maximum atomic E-state index is 5.93. The molecule has 2 aromatic rings. The van der Waals surface area contributed by atoms with Crippen LogP contribution in [0.15, 0.2) is 41.8 Å². The minimum Gasteiger partial charge on any atom is -0.329 e. The summed E-state index contributed by atoms with van der Waals surface area (Å²) in [6.07, 6.45) is 1.09. The number of nitrogens with two attached hydrogens (primary N) is 1. The Balaban J connectivity index is 2.04. The monoisotopic (exact) mass is 274 g/mol. The van der Waals surface area contributed by atoms with E-state index in [1.807, 2.05) is 0 Å². The number of likely N-dealkylation sites (N-methyl/N-ethyl adjacent to an activating group) is 1. The van der Waals surface area contributed by atoms with Gasteiger partial charge in [0.1, 0.15) is 0 Å². The molecule has 0 amide bonds. The standard InChI is InChI=1S/C16H22N2S/c1-3-13-6-8-14(9-7-13)12-18(2)15(11-17)16-5-4-10-19-16/h4-10,15H,3,11-12,17H2,1-2H3. The Morgan fingerprint density at radius 3 is 2.37 bits per heavy atom. The molecule has 19 heavy (non-hydrogen) atoms. The van der Waals surface area contributed by atoms with Crippen LogP contribution in [0.2, 0.25) is 0 Å². The maximum Gasteiger partial charge on any atom is 0.0564 e. The molecule has 0 aliphatic heterocycles. The molecule has 2 nitrogen and oxygen atoms in total. The second-order valence-corrected chi connectivity index (χ2v) is 5.83. The van der Waals surface area contributed by atoms with E-state index in [4.69, 9.17) is 5.73 Å². The Hall–Kier alpha value is -1.16. The normalized spacial score (nSPS) is 12.8. The number of thiophene rings is 1. The van der Waals surface area contributed by atoms with Crippen molar-refractivity contribution in [2.75, 3.05) is 13.6 Å². The summed E-state index contributed by atoms with van der Waals surface area (Å²) in [4.78, 5) is 3.67. The smallest absolute Gasteiger partial charge is 0.0564 e. The van der Waals surface area contributed by atoms with Crippen molar-refractivity contribution in [1.82, 2.24) is 4.90 Å². The topological polar surface area (TPSA) is 29.3 Å². The summed E-state index contributed by atoms with van der Waals surface area (Å²) in [5, 5.41) is 2.11. The number of nitrogens with zero attached hydrogens (tertiary/aromatic N) is 1. The molecule has 102 valence electrons. The van der Waals surface area contributed by atoms with Crippen molar-refractivity contribution in [2.24, 2.45) is 5.73 Å². The zero-order valence-electron chi connectivity index (χ0n) is 11.7. The average Bonchev–Trinajstić information content (AvgIpc) is 2.94. The van der Waals surface area contributed by atoms with E-state index in [0.717, 1.165) is 13.0 Å². The second kappa shape index (κ2) is 6.85. The molecule has 1 atom stereocenters. The van der Waals surface area contributed by atoms with Crippen LogP contribution < -0.4 is 5.73 Å². The zero-order chi connectivity index (χ0) is 13.7. The molecular formula is C16H22N2S. The third-order valence-electron chi connectivity index (χ3n) is 3.49. The van der Waals surface area contributed by atoms with E-state index < -0.39 is 0 Å². The molecule has 0 saturated heterocycles. The third kappa shape index (κ3) is 3.66. The van der Waals surface area contributed by atoms with Crippen LogP contribution in [0.4, 0.5) is 0 Å². The first-order valence-electron chi connectivity index (χ1n) is 6.76. The average molecular weight is 274 g/mol. The molecule has 0 radical (unpaired) electrons. The molecule has 0 aliphatic carbocycles. The quantitative estimate of drug-likeness (QED) is 0.874. The number of rotatable bonds is 6. The molecule has 1 aromatic heterocycles. The van der Waals surface area contributed by atoms with Crippen LogP contribution in [0.25, 0.3) is 0 Å². The molecular weight excluding hydrogens is 252 g/mol. The zero-order valence-corrected chi connectivity index (χ0v) is 12.5. The van der Waals surface area contributed by atoms with Gasteiger partial charge in [-0.1, -0.05) is 37.3 Å². The fourth-order valence-electron chi connectivity index (χ4n) is 2.27. The molecule has 0 aliphatic rings. The van der Waals surface area contributed by atoms with Gasteiger partial charge in [0, 0.05) is 18.0 Å². The van der Waals surface area contributed by atoms with E-state index in [-0.39, 0.29) is 0 Å². The van der Waals surface area contributed by atoms with Crippen LogP contribution >= 0.6 is 11.3 Å². The predicted molar refractivity (Wildman–Crippen MR) is 83.4 cm³/mol. The van der Waals surface area contributed by atoms with E-state index in [2.05, 4.69) is 60.6 Å². The van der Waals surface area contributed by atoms with Crippen LogP contribution in [0.3, 0.4) is 0 Å². The lowest BCUT2D eigenvalue weighted by molar-refractivity contribution is 0.245. The lowest BCUT2D eigenvalue weighted by Gasteiger charge is -2.26. The molecule has 2 rings (SSSR count). The summed E-state index contributed by atoms with van der Waals surface area (Å²) in [6.45, 7) is 3.77. The molecule has 0 bridgehead atoms. The second-order valence-electron chi connectivity index (χ2n) is 4.85. The summed E-state index contributed by atoms with van der Waals surface area (Å²) in [7, 11) is 2.14. The van der Waals surface area contributed by atoms with Gasteiger partial charge in [-0.3, -0.25) is 4.90 Å². The van der Waals surface area contributed by atoms with Gasteiger partial charge in [0.05, 0.1) is 6.04 Å². The van der Waals surface area contributed by atoms with Crippen molar-refractivity contribution >= 4 is 11.3 Å². The van der Waals surface area contributed by atoms with Gasteiger partial charge in [0.2, 0.25) is 0 Å². The van der Waals surface area contributed by atoms with Crippen molar-refractivity contribution in [3.8, 4) is 0 Å². The summed E-state index contributed by atoms with van der Waals surface area (Å²) >= 11 is 1.78. The number of hydrogen-bond acceptors (Lipinski definition) is 3. The number of benzene rings is 1. The Bertz CT molecular complexity index is 476. The molecule has 0 fully saturated rings. The fraction of sp³-hybridized carbons (Fsp3) is 0.375. The van der Waals surface area contributed by atoms with Crippen molar-refractivity contribution in [3.05, 3.63) is 57.8 Å². The first kappa shape index (κ1) is 14.3. The summed E-state index contributed by atoms with van der Waals surface area (Å²) in [5.41, 5.74) is 8.66. The lowest BCUT2D eigenvalue weighted by atomic mass is 10.1. The highest BCUT2D eigenvalue weighted by atomic mass is 32.1. The van der Waals surface area contributed by atoms with Gasteiger partial charge >= 0.3 is 0 Å². The minimum atomic E-state index is 0.311. The third-order valence-corrected chi connectivity index (χ3v) is 4.46. The van der Waals surface area contributed by atoms with Crippen molar-refractivity contribution in [3.63, 3.8) is 0 Å². The van der Waals surface area contributed by atoms with Crippen LogP contribution in [-0.2, 0) is 13.0 Å².